The third kappa shape index (κ3) is 5.62. The fraction of sp³-hybridized carbons (Fsp3) is 0.176. The van der Waals surface area contributed by atoms with Gasteiger partial charge in [-0.05, 0) is 42.0 Å². The summed E-state index contributed by atoms with van der Waals surface area (Å²) in [7, 11) is 1.38. The van der Waals surface area contributed by atoms with Crippen LogP contribution in [0.4, 0.5) is 5.69 Å². The van der Waals surface area contributed by atoms with Gasteiger partial charge in [0.25, 0.3) is 5.91 Å². The molecule has 23 heavy (non-hydrogen) atoms. The van der Waals surface area contributed by atoms with E-state index in [0.717, 1.165) is 5.56 Å². The predicted molar refractivity (Wildman–Crippen MR) is 94.0 cm³/mol. The van der Waals surface area contributed by atoms with Crippen molar-refractivity contribution in [2.75, 3.05) is 18.2 Å². The van der Waals surface area contributed by atoms with Crippen LogP contribution in [-0.2, 0) is 15.3 Å². The van der Waals surface area contributed by atoms with E-state index in [1.165, 1.54) is 18.9 Å². The highest BCUT2D eigenvalue weighted by Crippen LogP contribution is 2.17. The average molecular weight is 350 g/mol. The van der Waals surface area contributed by atoms with Crippen LogP contribution < -0.4 is 5.32 Å². The van der Waals surface area contributed by atoms with E-state index < -0.39 is 0 Å². The molecule has 0 spiro atoms. The minimum atomic E-state index is -0.234. The summed E-state index contributed by atoms with van der Waals surface area (Å²) in [6.07, 6.45) is 0. The van der Waals surface area contributed by atoms with Crippen LogP contribution in [0.15, 0.2) is 48.5 Å². The highest BCUT2D eigenvalue weighted by molar-refractivity contribution is 7.99. The van der Waals surface area contributed by atoms with Crippen molar-refractivity contribution in [2.45, 2.75) is 5.75 Å². The van der Waals surface area contributed by atoms with Crippen molar-refractivity contribution in [3.8, 4) is 0 Å². The maximum Gasteiger partial charge on any atom is 0.315 e. The molecule has 1 amide bonds. The van der Waals surface area contributed by atoms with E-state index >= 15 is 0 Å². The number of ether oxygens (including phenoxy) is 1. The summed E-state index contributed by atoms with van der Waals surface area (Å²) in [5, 5.41) is 3.42. The van der Waals surface area contributed by atoms with Crippen LogP contribution in [0.25, 0.3) is 0 Å². The number of nitrogens with one attached hydrogen (secondary N) is 1. The second kappa shape index (κ2) is 8.60. The van der Waals surface area contributed by atoms with Crippen LogP contribution in [0.3, 0.4) is 0 Å². The van der Waals surface area contributed by atoms with E-state index in [4.69, 9.17) is 11.6 Å². The number of rotatable bonds is 6. The molecule has 2 aromatic carbocycles. The number of esters is 1. The number of hydrogen-bond acceptors (Lipinski definition) is 4. The second-order valence-corrected chi connectivity index (χ2v) is 6.15. The normalized spacial score (nSPS) is 10.2. The molecule has 0 saturated carbocycles. The van der Waals surface area contributed by atoms with Crippen LogP contribution in [0.5, 0.6) is 0 Å². The molecule has 0 aliphatic rings. The van der Waals surface area contributed by atoms with E-state index in [-0.39, 0.29) is 11.9 Å². The molecule has 4 nitrogen and oxygen atoms in total. The lowest BCUT2D eigenvalue weighted by molar-refractivity contribution is -0.137. The van der Waals surface area contributed by atoms with Gasteiger partial charge in [-0.25, -0.2) is 0 Å². The Kier molecular flexibility index (Phi) is 6.50. The van der Waals surface area contributed by atoms with Gasteiger partial charge < -0.3 is 10.1 Å². The molecule has 2 aromatic rings. The van der Waals surface area contributed by atoms with E-state index in [0.29, 0.717) is 27.8 Å². The van der Waals surface area contributed by atoms with Crippen LogP contribution in [0.1, 0.15) is 15.9 Å². The SMILES string of the molecule is COC(=O)CSCc1ccc(NC(=O)c2ccc(Cl)cc2)cc1. The number of carbonyl (C=O) groups is 2. The molecule has 0 aliphatic carbocycles. The number of hydrogen-bond donors (Lipinski definition) is 1. The van der Waals surface area contributed by atoms with Gasteiger partial charge in [0.1, 0.15) is 0 Å². The first-order valence-corrected chi connectivity index (χ1v) is 8.42. The molecule has 6 heteroatoms. The Morgan fingerprint density at radius 1 is 1.09 bits per heavy atom. The summed E-state index contributed by atoms with van der Waals surface area (Å²) >= 11 is 7.28. The smallest absolute Gasteiger partial charge is 0.315 e. The van der Waals surface area contributed by atoms with Gasteiger partial charge in [0.05, 0.1) is 12.9 Å². The van der Waals surface area contributed by atoms with Crippen LogP contribution in [0, 0.1) is 0 Å². The molecule has 1 N–H and O–H groups in total. The lowest BCUT2D eigenvalue weighted by Gasteiger charge is -2.07. The topological polar surface area (TPSA) is 55.4 Å². The first-order valence-electron chi connectivity index (χ1n) is 6.89. The molecular formula is C17H16ClNO3S. The molecule has 0 heterocycles. The minimum Gasteiger partial charge on any atom is -0.468 e. The molecule has 0 aliphatic heterocycles. The lowest BCUT2D eigenvalue weighted by Crippen LogP contribution is -2.11. The molecular weight excluding hydrogens is 334 g/mol. The molecule has 0 radical (unpaired) electrons. The molecule has 0 aromatic heterocycles. The van der Waals surface area contributed by atoms with Crippen LogP contribution >= 0.6 is 23.4 Å². The third-order valence-electron chi connectivity index (χ3n) is 3.03. The molecule has 120 valence electrons. The summed E-state index contributed by atoms with van der Waals surface area (Å²) in [6, 6.07) is 14.2. The Morgan fingerprint density at radius 2 is 1.74 bits per heavy atom. The Hall–Kier alpha value is -1.98. The van der Waals surface area contributed by atoms with Gasteiger partial charge in [0.15, 0.2) is 0 Å². The standard InChI is InChI=1S/C17H16ClNO3S/c1-22-16(20)11-23-10-12-2-8-15(9-3-12)19-17(21)13-4-6-14(18)7-5-13/h2-9H,10-11H2,1H3,(H,19,21). The van der Waals surface area contributed by atoms with Gasteiger partial charge >= 0.3 is 5.97 Å². The number of thioether (sulfide) groups is 1. The van der Waals surface area contributed by atoms with E-state index in [1.54, 1.807) is 24.3 Å². The zero-order valence-corrected chi connectivity index (χ0v) is 14.1. The van der Waals surface area contributed by atoms with Gasteiger partial charge in [-0.1, -0.05) is 23.7 Å². The van der Waals surface area contributed by atoms with Gasteiger partial charge in [0.2, 0.25) is 0 Å². The van der Waals surface area contributed by atoms with Crippen LogP contribution in [0.2, 0.25) is 5.02 Å². The first kappa shape index (κ1) is 17.4. The van der Waals surface area contributed by atoms with Gasteiger partial charge in [-0.2, -0.15) is 0 Å². The first-order chi connectivity index (χ1) is 11.1. The Bertz CT molecular complexity index is 671. The quantitative estimate of drug-likeness (QED) is 0.801. The zero-order chi connectivity index (χ0) is 16.7. The molecule has 0 unspecified atom stereocenters. The summed E-state index contributed by atoms with van der Waals surface area (Å²) in [6.45, 7) is 0. The van der Waals surface area contributed by atoms with Crippen molar-refractivity contribution in [1.29, 1.82) is 0 Å². The van der Waals surface area contributed by atoms with E-state index in [1.807, 2.05) is 24.3 Å². The largest absolute Gasteiger partial charge is 0.468 e. The number of methoxy groups -OCH3 is 1. The Balaban J connectivity index is 1.88. The molecule has 0 bridgehead atoms. The average Bonchev–Trinajstić information content (AvgIpc) is 2.56. The van der Waals surface area contributed by atoms with Crippen molar-refractivity contribution >= 4 is 40.9 Å². The zero-order valence-electron chi connectivity index (χ0n) is 12.5. The molecule has 0 atom stereocenters. The van der Waals surface area contributed by atoms with Crippen molar-refractivity contribution in [3.63, 3.8) is 0 Å². The van der Waals surface area contributed by atoms with Crippen molar-refractivity contribution in [2.24, 2.45) is 0 Å². The number of amides is 1. The maximum atomic E-state index is 12.1. The summed E-state index contributed by atoms with van der Waals surface area (Å²) < 4.78 is 4.58. The summed E-state index contributed by atoms with van der Waals surface area (Å²) in [4.78, 5) is 23.1. The molecule has 2 rings (SSSR count). The fourth-order valence-electron chi connectivity index (χ4n) is 1.80. The summed E-state index contributed by atoms with van der Waals surface area (Å²) in [5.74, 6) is 0.614. The van der Waals surface area contributed by atoms with Crippen molar-refractivity contribution in [3.05, 3.63) is 64.7 Å². The van der Waals surface area contributed by atoms with E-state index in [9.17, 15) is 9.59 Å². The Morgan fingerprint density at radius 3 is 2.35 bits per heavy atom. The number of halogens is 1. The molecule has 0 saturated heterocycles. The number of carbonyl (C=O) groups excluding carboxylic acids is 2. The predicted octanol–water partition coefficient (Wildman–Crippen LogP) is 4.00. The number of anilines is 1. The minimum absolute atomic E-state index is 0.186. The fourth-order valence-corrected chi connectivity index (χ4v) is 2.74. The van der Waals surface area contributed by atoms with Gasteiger partial charge in [-0.15, -0.1) is 11.8 Å². The molecule has 0 fully saturated rings. The monoisotopic (exact) mass is 349 g/mol. The highest BCUT2D eigenvalue weighted by atomic mass is 35.5. The Labute approximate surface area is 144 Å². The van der Waals surface area contributed by atoms with E-state index in [2.05, 4.69) is 10.1 Å². The van der Waals surface area contributed by atoms with Crippen molar-refractivity contribution in [1.82, 2.24) is 0 Å². The second-order valence-electron chi connectivity index (χ2n) is 4.73. The maximum absolute atomic E-state index is 12.1. The van der Waals surface area contributed by atoms with Crippen LogP contribution in [-0.4, -0.2) is 24.7 Å². The van der Waals surface area contributed by atoms with Crippen molar-refractivity contribution < 1.29 is 14.3 Å². The van der Waals surface area contributed by atoms with Gasteiger partial charge in [-0.3, -0.25) is 9.59 Å². The number of benzene rings is 2. The highest BCUT2D eigenvalue weighted by Gasteiger charge is 2.06. The summed E-state index contributed by atoms with van der Waals surface area (Å²) in [5.41, 5.74) is 2.34. The lowest BCUT2D eigenvalue weighted by atomic mass is 10.2. The van der Waals surface area contributed by atoms with Gasteiger partial charge in [0, 0.05) is 22.0 Å². The third-order valence-corrected chi connectivity index (χ3v) is 4.26.